The average Bonchev–Trinajstić information content (AvgIpc) is 2.78. The Labute approximate surface area is 106 Å². The lowest BCUT2D eigenvalue weighted by Crippen LogP contribution is -2.04. The first-order valence-electron chi connectivity index (χ1n) is 4.89. The van der Waals surface area contributed by atoms with E-state index in [4.69, 9.17) is 0 Å². The van der Waals surface area contributed by atoms with E-state index < -0.39 is 0 Å². The summed E-state index contributed by atoms with van der Waals surface area (Å²) in [5.41, 5.74) is 2.71. The molecule has 2 heterocycles. The largest absolute Gasteiger partial charge is 0.369 e. The fraction of sp³-hybridized carbons (Fsp3) is 0.300. The molecule has 0 aliphatic heterocycles. The van der Waals surface area contributed by atoms with Crippen LogP contribution in [0.5, 0.6) is 0 Å². The fourth-order valence-corrected chi connectivity index (χ4v) is 2.15. The molecule has 6 heteroatoms. The van der Waals surface area contributed by atoms with E-state index >= 15 is 0 Å². The highest BCUT2D eigenvalue weighted by molar-refractivity contribution is 9.10. The summed E-state index contributed by atoms with van der Waals surface area (Å²) in [5, 5.41) is 3.21. The maximum absolute atomic E-state index is 4.47. The smallest absolute Gasteiger partial charge is 0.173 e. The van der Waals surface area contributed by atoms with E-state index in [-0.39, 0.29) is 0 Å². The number of thiazole rings is 1. The molecule has 0 radical (unpaired) electrons. The molecule has 4 nitrogen and oxygen atoms in total. The van der Waals surface area contributed by atoms with E-state index in [0.717, 1.165) is 33.2 Å². The van der Waals surface area contributed by atoms with Crippen LogP contribution in [0, 0.1) is 6.92 Å². The molecule has 0 aromatic carbocycles. The maximum atomic E-state index is 4.47. The lowest BCUT2D eigenvalue weighted by molar-refractivity contribution is 1.07. The van der Waals surface area contributed by atoms with Crippen molar-refractivity contribution >= 4 is 33.1 Å². The second-order valence-electron chi connectivity index (χ2n) is 3.19. The van der Waals surface area contributed by atoms with E-state index in [1.165, 1.54) is 11.3 Å². The molecule has 0 amide bonds. The number of hydrogen-bond donors (Lipinski definition) is 1. The monoisotopic (exact) mass is 298 g/mol. The summed E-state index contributed by atoms with van der Waals surface area (Å²) in [6.45, 7) is 4.82. The van der Waals surface area contributed by atoms with E-state index in [9.17, 15) is 0 Å². The van der Waals surface area contributed by atoms with Gasteiger partial charge in [0.1, 0.15) is 5.82 Å². The molecular formula is C10H11BrN4S. The molecule has 0 fully saturated rings. The molecule has 2 aromatic heterocycles. The predicted molar refractivity (Wildman–Crippen MR) is 69.7 cm³/mol. The third-order valence-corrected chi connectivity index (χ3v) is 3.73. The Morgan fingerprint density at radius 2 is 2.25 bits per heavy atom. The number of hydrogen-bond acceptors (Lipinski definition) is 5. The maximum Gasteiger partial charge on any atom is 0.173 e. The lowest BCUT2D eigenvalue weighted by Gasteiger charge is -2.08. The SMILES string of the molecule is CCNc1nc(-c2cncs2)nc(C)c1Br. The Bertz CT molecular complexity index is 484. The van der Waals surface area contributed by atoms with Gasteiger partial charge in [0.2, 0.25) is 0 Å². The van der Waals surface area contributed by atoms with Crippen LogP contribution in [0.2, 0.25) is 0 Å². The summed E-state index contributed by atoms with van der Waals surface area (Å²) in [5.74, 6) is 1.55. The van der Waals surface area contributed by atoms with Crippen molar-refractivity contribution in [2.45, 2.75) is 13.8 Å². The number of nitrogens with zero attached hydrogens (tertiary/aromatic N) is 3. The molecule has 16 heavy (non-hydrogen) atoms. The van der Waals surface area contributed by atoms with Crippen LogP contribution in [0.4, 0.5) is 5.82 Å². The lowest BCUT2D eigenvalue weighted by atomic mass is 10.4. The van der Waals surface area contributed by atoms with Crippen LogP contribution in [0.25, 0.3) is 10.7 Å². The first kappa shape index (κ1) is 11.5. The van der Waals surface area contributed by atoms with Crippen molar-refractivity contribution in [3.8, 4) is 10.7 Å². The van der Waals surface area contributed by atoms with Crippen molar-refractivity contribution in [1.29, 1.82) is 0 Å². The Hall–Kier alpha value is -1.01. The molecule has 2 rings (SSSR count). The Morgan fingerprint density at radius 3 is 2.88 bits per heavy atom. The minimum atomic E-state index is 0.721. The summed E-state index contributed by atoms with van der Waals surface area (Å²) in [6.07, 6.45) is 1.78. The van der Waals surface area contributed by atoms with Gasteiger partial charge in [-0.25, -0.2) is 9.97 Å². The van der Waals surface area contributed by atoms with Gasteiger partial charge >= 0.3 is 0 Å². The van der Waals surface area contributed by atoms with Crippen LogP contribution in [0.15, 0.2) is 16.2 Å². The van der Waals surface area contributed by atoms with Gasteiger partial charge in [-0.2, -0.15) is 0 Å². The summed E-state index contributed by atoms with van der Waals surface area (Å²) >= 11 is 5.02. The van der Waals surface area contributed by atoms with Gasteiger partial charge in [-0.1, -0.05) is 0 Å². The molecule has 2 aromatic rings. The van der Waals surface area contributed by atoms with Crippen molar-refractivity contribution in [3.05, 3.63) is 21.9 Å². The summed E-state index contributed by atoms with van der Waals surface area (Å²) < 4.78 is 0.919. The molecule has 84 valence electrons. The Morgan fingerprint density at radius 1 is 1.44 bits per heavy atom. The summed E-state index contributed by atoms with van der Waals surface area (Å²) in [4.78, 5) is 13.9. The van der Waals surface area contributed by atoms with Gasteiger partial charge in [-0.15, -0.1) is 11.3 Å². The summed E-state index contributed by atoms with van der Waals surface area (Å²) in [6, 6.07) is 0. The molecule has 0 aliphatic rings. The standard InChI is InChI=1S/C10H11BrN4S/c1-3-13-10-8(11)6(2)14-9(15-10)7-4-12-5-16-7/h4-5H,3H2,1-2H3,(H,13,14,15). The number of nitrogens with one attached hydrogen (secondary N) is 1. The number of anilines is 1. The molecule has 0 saturated heterocycles. The first-order valence-corrected chi connectivity index (χ1v) is 6.56. The van der Waals surface area contributed by atoms with Gasteiger partial charge < -0.3 is 5.32 Å². The third kappa shape index (κ3) is 2.22. The molecule has 1 N–H and O–H groups in total. The van der Waals surface area contributed by atoms with Crippen LogP contribution in [-0.2, 0) is 0 Å². The second kappa shape index (κ2) is 4.88. The van der Waals surface area contributed by atoms with Crippen molar-refractivity contribution < 1.29 is 0 Å². The van der Waals surface area contributed by atoms with Crippen molar-refractivity contribution in [2.24, 2.45) is 0 Å². The van der Waals surface area contributed by atoms with E-state index in [0.29, 0.717) is 0 Å². The summed E-state index contributed by atoms with van der Waals surface area (Å²) in [7, 11) is 0. The zero-order valence-corrected chi connectivity index (χ0v) is 11.4. The highest BCUT2D eigenvalue weighted by Gasteiger charge is 2.10. The van der Waals surface area contributed by atoms with Crippen LogP contribution < -0.4 is 5.32 Å². The molecule has 0 atom stereocenters. The normalized spacial score (nSPS) is 10.4. The predicted octanol–water partition coefficient (Wildman–Crippen LogP) is 3.10. The van der Waals surface area contributed by atoms with Gasteiger partial charge in [0.25, 0.3) is 0 Å². The van der Waals surface area contributed by atoms with E-state index in [2.05, 4.69) is 36.2 Å². The topological polar surface area (TPSA) is 50.7 Å². The van der Waals surface area contributed by atoms with Gasteiger partial charge in [-0.3, -0.25) is 4.98 Å². The molecule has 0 unspecified atom stereocenters. The Kier molecular flexibility index (Phi) is 3.50. The second-order valence-corrected chi connectivity index (χ2v) is 4.87. The van der Waals surface area contributed by atoms with Gasteiger partial charge in [0, 0.05) is 12.7 Å². The highest BCUT2D eigenvalue weighted by Crippen LogP contribution is 2.27. The number of aryl methyl sites for hydroxylation is 1. The molecule has 0 bridgehead atoms. The molecular weight excluding hydrogens is 288 g/mol. The highest BCUT2D eigenvalue weighted by atomic mass is 79.9. The minimum absolute atomic E-state index is 0.721. The number of halogens is 1. The van der Waals surface area contributed by atoms with Crippen LogP contribution in [0.3, 0.4) is 0 Å². The van der Waals surface area contributed by atoms with E-state index in [1.54, 1.807) is 11.7 Å². The van der Waals surface area contributed by atoms with Gasteiger partial charge in [0.15, 0.2) is 5.82 Å². The number of rotatable bonds is 3. The van der Waals surface area contributed by atoms with Crippen molar-refractivity contribution in [3.63, 3.8) is 0 Å². The third-order valence-electron chi connectivity index (χ3n) is 2.01. The minimum Gasteiger partial charge on any atom is -0.369 e. The quantitative estimate of drug-likeness (QED) is 0.946. The van der Waals surface area contributed by atoms with Crippen LogP contribution in [0.1, 0.15) is 12.6 Å². The zero-order valence-electron chi connectivity index (χ0n) is 8.99. The van der Waals surface area contributed by atoms with Crippen LogP contribution in [-0.4, -0.2) is 21.5 Å². The van der Waals surface area contributed by atoms with Gasteiger partial charge in [0.05, 0.1) is 20.6 Å². The van der Waals surface area contributed by atoms with Crippen LogP contribution >= 0.6 is 27.3 Å². The molecule has 0 spiro atoms. The van der Waals surface area contributed by atoms with Gasteiger partial charge in [-0.05, 0) is 29.8 Å². The average molecular weight is 299 g/mol. The van der Waals surface area contributed by atoms with E-state index in [1.807, 2.05) is 13.8 Å². The van der Waals surface area contributed by atoms with Crippen molar-refractivity contribution in [1.82, 2.24) is 15.0 Å². The zero-order chi connectivity index (χ0) is 11.5. The molecule has 0 saturated carbocycles. The Balaban J connectivity index is 2.48. The van der Waals surface area contributed by atoms with Crippen molar-refractivity contribution in [2.75, 3.05) is 11.9 Å². The first-order chi connectivity index (χ1) is 7.72. The molecule has 0 aliphatic carbocycles. The fourth-order valence-electron chi connectivity index (χ4n) is 1.28. The number of aromatic nitrogens is 3.